The average Bonchev–Trinajstić information content (AvgIpc) is 3.21. The number of hydrogen-bond donors (Lipinski definition) is 0. The fourth-order valence-electron chi connectivity index (χ4n) is 4.00. The van der Waals surface area contributed by atoms with Crippen molar-refractivity contribution in [3.63, 3.8) is 0 Å². The van der Waals surface area contributed by atoms with Crippen LogP contribution in [0.15, 0.2) is 78.9 Å². The molecule has 31 heavy (non-hydrogen) atoms. The molecule has 0 aliphatic carbocycles. The zero-order valence-electron chi connectivity index (χ0n) is 17.6. The molecule has 0 saturated heterocycles. The number of sulfonamides is 1. The summed E-state index contributed by atoms with van der Waals surface area (Å²) < 4.78 is 25.4. The maximum absolute atomic E-state index is 13.4. The lowest BCUT2D eigenvalue weighted by Crippen LogP contribution is -2.32. The first-order chi connectivity index (χ1) is 14.9. The first-order valence-corrected chi connectivity index (χ1v) is 12.2. The van der Waals surface area contributed by atoms with E-state index in [4.69, 9.17) is 0 Å². The topological polar surface area (TPSA) is 57.7 Å². The Morgan fingerprint density at radius 3 is 2.23 bits per heavy atom. The summed E-state index contributed by atoms with van der Waals surface area (Å²) in [6.07, 6.45) is 2.60. The van der Waals surface area contributed by atoms with Crippen molar-refractivity contribution in [3.05, 3.63) is 101 Å². The second-order valence-electron chi connectivity index (χ2n) is 7.88. The Balaban J connectivity index is 1.58. The highest BCUT2D eigenvalue weighted by atomic mass is 32.2. The van der Waals surface area contributed by atoms with Gasteiger partial charge in [-0.1, -0.05) is 60.7 Å². The van der Waals surface area contributed by atoms with Crippen LogP contribution in [0.4, 0.5) is 5.69 Å². The number of benzene rings is 3. The van der Waals surface area contributed by atoms with Crippen molar-refractivity contribution in [1.29, 1.82) is 0 Å². The summed E-state index contributed by atoms with van der Waals surface area (Å²) in [4.78, 5) is 15.3. The summed E-state index contributed by atoms with van der Waals surface area (Å²) in [5.41, 5.74) is 4.44. The predicted molar refractivity (Wildman–Crippen MR) is 124 cm³/mol. The molecule has 0 bridgehead atoms. The first kappa shape index (κ1) is 21.1. The molecule has 160 valence electrons. The Morgan fingerprint density at radius 1 is 0.935 bits per heavy atom. The molecule has 0 radical (unpaired) electrons. The van der Waals surface area contributed by atoms with Gasteiger partial charge in [0.25, 0.3) is 5.91 Å². The summed E-state index contributed by atoms with van der Waals surface area (Å²) in [5.74, 6) is -0.0413. The molecule has 3 aromatic rings. The van der Waals surface area contributed by atoms with Crippen molar-refractivity contribution in [2.45, 2.75) is 19.4 Å². The van der Waals surface area contributed by atoms with Crippen LogP contribution in [0, 0.1) is 0 Å². The Labute approximate surface area is 184 Å². The molecule has 5 nitrogen and oxygen atoms in total. The van der Waals surface area contributed by atoms with Crippen LogP contribution in [0.2, 0.25) is 0 Å². The third-order valence-corrected chi connectivity index (χ3v) is 6.78. The van der Waals surface area contributed by atoms with Crippen molar-refractivity contribution in [2.24, 2.45) is 0 Å². The predicted octanol–water partition coefficient (Wildman–Crippen LogP) is 3.89. The molecule has 0 fully saturated rings. The number of carbonyl (C=O) groups excluding carboxylic acids is 1. The third kappa shape index (κ3) is 4.97. The highest BCUT2D eigenvalue weighted by Crippen LogP contribution is 2.31. The van der Waals surface area contributed by atoms with Crippen molar-refractivity contribution in [3.8, 4) is 0 Å². The lowest BCUT2D eigenvalue weighted by atomic mass is 10.1. The number of nitrogens with zero attached hydrogens (tertiary/aromatic N) is 2. The standard InChI is InChI=1S/C25H26N2O3S/c1-31(29,30)27-17-15-22-18-23(12-13-24(22)27)25(28)26(19-21-10-6-3-7-11-21)16-14-20-8-4-2-5-9-20/h2-13,18H,14-17,19H2,1H3. The monoisotopic (exact) mass is 434 g/mol. The van der Waals surface area contributed by atoms with Crippen LogP contribution < -0.4 is 4.31 Å². The molecule has 0 unspecified atom stereocenters. The number of amides is 1. The van der Waals surface area contributed by atoms with Crippen molar-refractivity contribution in [1.82, 2.24) is 4.90 Å². The van der Waals surface area contributed by atoms with E-state index in [0.717, 1.165) is 17.5 Å². The Morgan fingerprint density at radius 2 is 1.58 bits per heavy atom. The zero-order valence-corrected chi connectivity index (χ0v) is 18.4. The minimum absolute atomic E-state index is 0.0413. The van der Waals surface area contributed by atoms with E-state index >= 15 is 0 Å². The Bertz CT molecular complexity index is 1160. The van der Waals surface area contributed by atoms with Crippen molar-refractivity contribution < 1.29 is 13.2 Å². The normalized spacial score (nSPS) is 13.1. The first-order valence-electron chi connectivity index (χ1n) is 10.4. The molecule has 1 aliphatic rings. The second kappa shape index (κ2) is 8.94. The molecule has 0 saturated carbocycles. The van der Waals surface area contributed by atoms with Crippen LogP contribution in [-0.4, -0.2) is 38.6 Å². The van der Waals surface area contributed by atoms with E-state index in [-0.39, 0.29) is 5.91 Å². The molecule has 3 aromatic carbocycles. The van der Waals surface area contributed by atoms with E-state index in [9.17, 15) is 13.2 Å². The minimum Gasteiger partial charge on any atom is -0.334 e. The molecule has 0 aromatic heterocycles. The van der Waals surface area contributed by atoms with E-state index in [0.29, 0.717) is 37.3 Å². The molecule has 4 rings (SSSR count). The molecular formula is C25H26N2O3S. The maximum Gasteiger partial charge on any atom is 0.254 e. The lowest BCUT2D eigenvalue weighted by molar-refractivity contribution is 0.0745. The number of anilines is 1. The van der Waals surface area contributed by atoms with Gasteiger partial charge in [0.05, 0.1) is 11.9 Å². The number of rotatable bonds is 7. The molecule has 0 atom stereocenters. The van der Waals surface area contributed by atoms with Crippen LogP contribution in [0.3, 0.4) is 0 Å². The quantitative estimate of drug-likeness (QED) is 0.567. The molecule has 1 heterocycles. The van der Waals surface area contributed by atoms with Gasteiger partial charge < -0.3 is 4.90 Å². The number of carbonyl (C=O) groups is 1. The van der Waals surface area contributed by atoms with Gasteiger partial charge in [0.1, 0.15) is 0 Å². The summed E-state index contributed by atoms with van der Waals surface area (Å²) in [5, 5.41) is 0. The van der Waals surface area contributed by atoms with Gasteiger partial charge in [-0.25, -0.2) is 8.42 Å². The van der Waals surface area contributed by atoms with Gasteiger partial charge in [-0.3, -0.25) is 9.10 Å². The van der Waals surface area contributed by atoms with E-state index in [2.05, 4.69) is 12.1 Å². The smallest absolute Gasteiger partial charge is 0.254 e. The zero-order chi connectivity index (χ0) is 21.8. The van der Waals surface area contributed by atoms with Crippen LogP contribution in [0.5, 0.6) is 0 Å². The summed E-state index contributed by atoms with van der Waals surface area (Å²) in [6, 6.07) is 25.5. The van der Waals surface area contributed by atoms with Crippen molar-refractivity contribution in [2.75, 3.05) is 23.7 Å². The van der Waals surface area contributed by atoms with Crippen LogP contribution in [-0.2, 0) is 29.4 Å². The number of fused-ring (bicyclic) bond motifs is 1. The molecule has 1 amide bonds. The fraction of sp³-hybridized carbons (Fsp3) is 0.240. The highest BCUT2D eigenvalue weighted by molar-refractivity contribution is 7.92. The van der Waals surface area contributed by atoms with Gasteiger partial charge in [0.2, 0.25) is 10.0 Å². The number of hydrogen-bond acceptors (Lipinski definition) is 3. The van der Waals surface area contributed by atoms with Gasteiger partial charge >= 0.3 is 0 Å². The maximum atomic E-state index is 13.4. The van der Waals surface area contributed by atoms with Crippen LogP contribution in [0.1, 0.15) is 27.0 Å². The summed E-state index contributed by atoms with van der Waals surface area (Å²) in [6.45, 7) is 1.55. The average molecular weight is 435 g/mol. The van der Waals surface area contributed by atoms with Crippen molar-refractivity contribution >= 4 is 21.6 Å². The van der Waals surface area contributed by atoms with Crippen LogP contribution in [0.25, 0.3) is 0 Å². The van der Waals surface area contributed by atoms with Gasteiger partial charge in [0, 0.05) is 25.2 Å². The summed E-state index contributed by atoms with van der Waals surface area (Å²) in [7, 11) is -3.31. The lowest BCUT2D eigenvalue weighted by Gasteiger charge is -2.24. The van der Waals surface area contributed by atoms with Gasteiger partial charge in [0.15, 0.2) is 0 Å². The molecular weight excluding hydrogens is 408 g/mol. The third-order valence-electron chi connectivity index (χ3n) is 5.60. The molecule has 1 aliphatic heterocycles. The Kier molecular flexibility index (Phi) is 6.09. The van der Waals surface area contributed by atoms with Crippen LogP contribution >= 0.6 is 0 Å². The summed E-state index contributed by atoms with van der Waals surface area (Å²) >= 11 is 0. The second-order valence-corrected chi connectivity index (χ2v) is 9.78. The van der Waals surface area contributed by atoms with E-state index in [1.165, 1.54) is 16.1 Å². The largest absolute Gasteiger partial charge is 0.334 e. The fourth-order valence-corrected chi connectivity index (χ4v) is 4.95. The molecule has 0 spiro atoms. The Hall–Kier alpha value is -3.12. The molecule has 0 N–H and O–H groups in total. The van der Waals surface area contributed by atoms with E-state index < -0.39 is 10.0 Å². The van der Waals surface area contributed by atoms with Gasteiger partial charge in [-0.05, 0) is 47.7 Å². The SMILES string of the molecule is CS(=O)(=O)N1CCc2cc(C(=O)N(CCc3ccccc3)Cc3ccccc3)ccc21. The van der Waals surface area contributed by atoms with Gasteiger partial charge in [-0.15, -0.1) is 0 Å². The van der Waals surface area contributed by atoms with E-state index in [1.807, 2.05) is 59.5 Å². The van der Waals surface area contributed by atoms with E-state index in [1.54, 1.807) is 12.1 Å². The minimum atomic E-state index is -3.31. The highest BCUT2D eigenvalue weighted by Gasteiger charge is 2.27. The molecule has 6 heteroatoms. The van der Waals surface area contributed by atoms with Gasteiger partial charge in [-0.2, -0.15) is 0 Å².